The van der Waals surface area contributed by atoms with Gasteiger partial charge in [0, 0.05) is 19.4 Å². The van der Waals surface area contributed by atoms with Gasteiger partial charge in [0.1, 0.15) is 0 Å². The van der Waals surface area contributed by atoms with Crippen molar-refractivity contribution in [2.24, 2.45) is 40.4 Å². The first kappa shape index (κ1) is 25.7. The third kappa shape index (κ3) is 4.59. The zero-order chi connectivity index (χ0) is 23.9. The Hall–Kier alpha value is -0.420. The summed E-state index contributed by atoms with van der Waals surface area (Å²) in [4.78, 5) is 0. The van der Waals surface area contributed by atoms with Crippen molar-refractivity contribution in [3.8, 4) is 0 Å². The van der Waals surface area contributed by atoms with Crippen LogP contribution in [0.1, 0.15) is 98.8 Å². The first-order chi connectivity index (χ1) is 15.6. The molecule has 1 spiro atoms. The van der Waals surface area contributed by atoms with Gasteiger partial charge in [0.2, 0.25) is 0 Å². The predicted octanol–water partition coefficient (Wildman–Crippen LogP) is 6.72. The molecule has 4 aliphatic carbocycles. The molecule has 5 fully saturated rings. The van der Waals surface area contributed by atoms with Gasteiger partial charge in [-0.2, -0.15) is 0 Å². The normalized spacial score (nSPS) is 44.2. The minimum absolute atomic E-state index is 0.240. The fourth-order valence-electron chi connectivity index (χ4n) is 8.97. The Morgan fingerprint density at radius 2 is 1.64 bits per heavy atom. The van der Waals surface area contributed by atoms with E-state index in [9.17, 15) is 0 Å². The lowest BCUT2D eigenvalue weighted by Gasteiger charge is -2.64. The molecule has 0 aromatic rings. The highest BCUT2D eigenvalue weighted by molar-refractivity contribution is 5.13. The van der Waals surface area contributed by atoms with Crippen molar-refractivity contribution in [2.75, 3.05) is 20.3 Å². The molecule has 4 saturated carbocycles. The molecule has 0 aromatic carbocycles. The lowest BCUT2D eigenvalue weighted by Crippen LogP contribution is -2.62. The van der Waals surface area contributed by atoms with Gasteiger partial charge < -0.3 is 19.3 Å². The number of rotatable bonds is 3. The second kappa shape index (κ2) is 9.56. The largest absolute Gasteiger partial charge is 0.366 e. The summed E-state index contributed by atoms with van der Waals surface area (Å²) in [6.07, 6.45) is 18.5. The molecule has 7 unspecified atom stereocenters. The highest BCUT2D eigenvalue weighted by atomic mass is 16.7. The summed E-state index contributed by atoms with van der Waals surface area (Å²) in [5.74, 6) is 2.92. The van der Waals surface area contributed by atoms with Gasteiger partial charge in [-0.1, -0.05) is 38.8 Å². The highest BCUT2D eigenvalue weighted by Crippen LogP contribution is 2.70. The number of methoxy groups -OCH3 is 1. The molecule has 7 atom stereocenters. The lowest BCUT2D eigenvalue weighted by molar-refractivity contribution is -0.291. The molecular formula is C29H50O4. The first-order valence-electron chi connectivity index (χ1n) is 13.8. The molecule has 33 heavy (non-hydrogen) atoms. The summed E-state index contributed by atoms with van der Waals surface area (Å²) in [7, 11) is 1.46. The number of ether oxygens (including phenoxy) is 3. The second-order valence-corrected chi connectivity index (χ2v) is 12.7. The number of fused-ring (bicyclic) bond motifs is 6. The van der Waals surface area contributed by atoms with Gasteiger partial charge >= 0.3 is 0 Å². The first-order valence-corrected chi connectivity index (χ1v) is 13.8. The molecule has 5 rings (SSSR count). The Balaban J connectivity index is 0.000000385. The van der Waals surface area contributed by atoms with E-state index >= 15 is 0 Å². The van der Waals surface area contributed by atoms with Crippen LogP contribution in [0.3, 0.4) is 0 Å². The van der Waals surface area contributed by atoms with Crippen molar-refractivity contribution >= 4 is 0 Å². The molecule has 1 aliphatic heterocycles. The molecule has 1 N–H and O–H groups in total. The minimum atomic E-state index is -0.958. The molecule has 190 valence electrons. The van der Waals surface area contributed by atoms with E-state index in [1.807, 2.05) is 0 Å². The zero-order valence-electron chi connectivity index (χ0n) is 22.2. The van der Waals surface area contributed by atoms with E-state index in [0.29, 0.717) is 16.7 Å². The van der Waals surface area contributed by atoms with Crippen LogP contribution in [0.2, 0.25) is 0 Å². The fraction of sp³-hybridized carbons (Fsp3) is 0.931. The molecule has 4 nitrogen and oxygen atoms in total. The van der Waals surface area contributed by atoms with E-state index in [1.54, 1.807) is 13.8 Å². The summed E-state index contributed by atoms with van der Waals surface area (Å²) in [6, 6.07) is 0. The van der Waals surface area contributed by atoms with Gasteiger partial charge in [0.15, 0.2) is 11.6 Å². The van der Waals surface area contributed by atoms with Crippen LogP contribution in [0.15, 0.2) is 12.2 Å². The number of allylic oxidation sites excluding steroid dienone is 2. The van der Waals surface area contributed by atoms with Crippen LogP contribution >= 0.6 is 0 Å². The van der Waals surface area contributed by atoms with Crippen molar-refractivity contribution in [1.29, 1.82) is 0 Å². The van der Waals surface area contributed by atoms with Crippen LogP contribution in [0.25, 0.3) is 0 Å². The van der Waals surface area contributed by atoms with Crippen LogP contribution in [0.5, 0.6) is 0 Å². The van der Waals surface area contributed by atoms with Crippen molar-refractivity contribution < 1.29 is 19.3 Å². The number of aliphatic hydroxyl groups is 1. The summed E-state index contributed by atoms with van der Waals surface area (Å²) >= 11 is 0. The van der Waals surface area contributed by atoms with Gasteiger partial charge in [-0.15, -0.1) is 0 Å². The van der Waals surface area contributed by atoms with E-state index < -0.39 is 5.79 Å². The third-order valence-electron chi connectivity index (χ3n) is 10.7. The standard InChI is InChI=1S/C25H40O2.C4H10O2/c1-4-5-8-18-10-11-20-19-17-25(26-15-16-27-25)22-9-6-7-13-24(22,3)21(19)12-14-23(18,20)2;1-4(2,5)6-3/h4-5,18-22H,6-17H2,1-3H3;5H,1-3H3/b5-4-;. The molecular weight excluding hydrogens is 412 g/mol. The Labute approximate surface area is 202 Å². The number of hydrogen-bond donors (Lipinski definition) is 1. The van der Waals surface area contributed by atoms with E-state index in [-0.39, 0.29) is 5.79 Å². The summed E-state index contributed by atoms with van der Waals surface area (Å²) < 4.78 is 17.5. The Morgan fingerprint density at radius 1 is 0.970 bits per heavy atom. The van der Waals surface area contributed by atoms with Gasteiger partial charge in [0.25, 0.3) is 0 Å². The Kier molecular flexibility index (Phi) is 7.44. The van der Waals surface area contributed by atoms with Crippen LogP contribution < -0.4 is 0 Å². The van der Waals surface area contributed by atoms with E-state index in [2.05, 4.69) is 37.7 Å². The average Bonchev–Trinajstić information content (AvgIpc) is 3.37. The molecule has 1 saturated heterocycles. The summed E-state index contributed by atoms with van der Waals surface area (Å²) in [5, 5.41) is 8.60. The van der Waals surface area contributed by atoms with Crippen LogP contribution in [0, 0.1) is 40.4 Å². The maximum Gasteiger partial charge on any atom is 0.172 e. The third-order valence-corrected chi connectivity index (χ3v) is 10.7. The van der Waals surface area contributed by atoms with Crippen LogP contribution in [0.4, 0.5) is 0 Å². The Bertz CT molecular complexity index is 690. The van der Waals surface area contributed by atoms with Crippen molar-refractivity contribution in [2.45, 2.75) is 110 Å². The maximum absolute atomic E-state index is 8.60. The van der Waals surface area contributed by atoms with Gasteiger partial charge in [-0.3, -0.25) is 0 Å². The van der Waals surface area contributed by atoms with Crippen LogP contribution in [-0.4, -0.2) is 37.0 Å². The molecule has 0 amide bonds. The molecule has 0 bridgehead atoms. The van der Waals surface area contributed by atoms with E-state index in [4.69, 9.17) is 14.6 Å². The smallest absolute Gasteiger partial charge is 0.172 e. The number of hydrogen-bond acceptors (Lipinski definition) is 4. The monoisotopic (exact) mass is 462 g/mol. The van der Waals surface area contributed by atoms with Gasteiger partial charge in [-0.05, 0) is 100 Å². The van der Waals surface area contributed by atoms with E-state index in [1.165, 1.54) is 71.3 Å². The average molecular weight is 463 g/mol. The van der Waals surface area contributed by atoms with Crippen molar-refractivity contribution in [1.82, 2.24) is 0 Å². The molecule has 0 radical (unpaired) electrons. The lowest BCUT2D eigenvalue weighted by atomic mass is 9.43. The topological polar surface area (TPSA) is 47.9 Å². The SMILES string of the molecule is C/C=C\CC1CCC2C3CC4(OCCO4)C4CCCCC4(C)C3CCC12C.COC(C)(C)O. The highest BCUT2D eigenvalue weighted by Gasteiger charge is 2.66. The quantitative estimate of drug-likeness (QED) is 0.374. The van der Waals surface area contributed by atoms with Gasteiger partial charge in [0.05, 0.1) is 13.2 Å². The Morgan fingerprint density at radius 3 is 2.27 bits per heavy atom. The fourth-order valence-corrected chi connectivity index (χ4v) is 8.97. The molecule has 5 aliphatic rings. The zero-order valence-corrected chi connectivity index (χ0v) is 22.2. The summed E-state index contributed by atoms with van der Waals surface area (Å²) in [5.41, 5.74) is 0.979. The molecule has 4 heteroatoms. The maximum atomic E-state index is 8.60. The molecule has 1 heterocycles. The van der Waals surface area contributed by atoms with Crippen molar-refractivity contribution in [3.05, 3.63) is 12.2 Å². The van der Waals surface area contributed by atoms with Gasteiger partial charge in [-0.25, -0.2) is 0 Å². The molecule has 0 aromatic heterocycles. The van der Waals surface area contributed by atoms with Crippen molar-refractivity contribution in [3.63, 3.8) is 0 Å². The van der Waals surface area contributed by atoms with Crippen LogP contribution in [-0.2, 0) is 14.2 Å². The minimum Gasteiger partial charge on any atom is -0.366 e. The van der Waals surface area contributed by atoms with E-state index in [0.717, 1.165) is 36.9 Å². The summed E-state index contributed by atoms with van der Waals surface area (Å²) in [6.45, 7) is 12.2. The predicted molar refractivity (Wildman–Crippen MR) is 133 cm³/mol. The second-order valence-electron chi connectivity index (χ2n) is 12.7.